The number of aliphatic hydroxyl groups is 2. The predicted molar refractivity (Wildman–Crippen MR) is 131 cm³/mol. The molecule has 0 amide bonds. The first-order chi connectivity index (χ1) is 16.5. The number of carboxylic acid groups (broad SMARTS) is 1. The van der Waals surface area contributed by atoms with Gasteiger partial charge in [0.1, 0.15) is 0 Å². The van der Waals surface area contributed by atoms with Crippen molar-refractivity contribution in [3.8, 4) is 0 Å². The highest BCUT2D eigenvalue weighted by Gasteiger charge is 2.39. The minimum absolute atomic E-state index is 0.0670. The molecular formula is C28H40O6. The maximum absolute atomic E-state index is 10.6. The Kier molecular flexibility index (Phi) is 11.3. The first kappa shape index (κ1) is 26.6. The van der Waals surface area contributed by atoms with E-state index in [2.05, 4.69) is 18.2 Å². The van der Waals surface area contributed by atoms with Gasteiger partial charge in [-0.3, -0.25) is 4.79 Å². The topological polar surface area (TPSA) is 96.2 Å². The normalized spacial score (nSPS) is 28.6. The standard InChI is InChI=1S/C28H40O6/c29-25-20-26(30)24(23(25)12-6-1-2-7-13-27(31)32)18-17-22(34-28-14-8-9-19-33-28)16-15-21-10-4-3-5-11-21/h1,3-6,10-11,17-18,22-26,28-30H,2,7-9,12-16,19-20H2,(H,31,32)/b6-1-,18-17+/t22-,23+,24+,25-,26+,28?/m0/s1. The van der Waals surface area contributed by atoms with E-state index in [0.717, 1.165) is 38.7 Å². The van der Waals surface area contributed by atoms with Gasteiger partial charge >= 0.3 is 5.97 Å². The van der Waals surface area contributed by atoms with Crippen LogP contribution >= 0.6 is 0 Å². The second kappa shape index (κ2) is 14.4. The number of carbonyl (C=O) groups is 1. The molecule has 1 aliphatic carbocycles. The Morgan fingerprint density at radius 1 is 1.15 bits per heavy atom. The lowest BCUT2D eigenvalue weighted by atomic mass is 9.89. The summed E-state index contributed by atoms with van der Waals surface area (Å²) in [6.45, 7) is 0.730. The molecule has 0 spiro atoms. The van der Waals surface area contributed by atoms with Gasteiger partial charge in [0.15, 0.2) is 6.29 Å². The van der Waals surface area contributed by atoms with Gasteiger partial charge in [-0.2, -0.15) is 0 Å². The molecule has 6 heteroatoms. The first-order valence-corrected chi connectivity index (χ1v) is 12.7. The van der Waals surface area contributed by atoms with Crippen molar-refractivity contribution >= 4 is 5.97 Å². The van der Waals surface area contributed by atoms with Gasteiger partial charge in [-0.05, 0) is 62.8 Å². The second-order valence-corrected chi connectivity index (χ2v) is 9.48. The molecule has 0 aromatic heterocycles. The molecule has 6 nitrogen and oxygen atoms in total. The van der Waals surface area contributed by atoms with Crippen LogP contribution in [0, 0.1) is 11.8 Å². The third-order valence-electron chi connectivity index (χ3n) is 6.83. The summed E-state index contributed by atoms with van der Waals surface area (Å²) < 4.78 is 12.1. The van der Waals surface area contributed by atoms with Crippen LogP contribution in [-0.4, -0.2) is 52.5 Å². The second-order valence-electron chi connectivity index (χ2n) is 9.48. The number of benzene rings is 1. The van der Waals surface area contributed by atoms with Crippen LogP contribution in [-0.2, 0) is 20.7 Å². The smallest absolute Gasteiger partial charge is 0.303 e. The van der Waals surface area contributed by atoms with Gasteiger partial charge in [0.25, 0.3) is 0 Å². The summed E-state index contributed by atoms with van der Waals surface area (Å²) >= 11 is 0. The number of hydrogen-bond donors (Lipinski definition) is 3. The van der Waals surface area contributed by atoms with Crippen LogP contribution in [0.15, 0.2) is 54.6 Å². The fraction of sp³-hybridized carbons (Fsp3) is 0.607. The van der Waals surface area contributed by atoms with E-state index in [4.69, 9.17) is 14.6 Å². The highest BCUT2D eigenvalue weighted by molar-refractivity contribution is 5.66. The first-order valence-electron chi connectivity index (χ1n) is 12.7. The highest BCUT2D eigenvalue weighted by atomic mass is 16.7. The van der Waals surface area contributed by atoms with Crippen LogP contribution in [0.25, 0.3) is 0 Å². The summed E-state index contributed by atoms with van der Waals surface area (Å²) in [6, 6.07) is 10.3. The molecule has 3 rings (SSSR count). The number of unbranched alkanes of at least 4 members (excludes halogenated alkanes) is 1. The molecular weight excluding hydrogens is 432 g/mol. The van der Waals surface area contributed by atoms with Crippen molar-refractivity contribution in [2.45, 2.75) is 88.8 Å². The summed E-state index contributed by atoms with van der Waals surface area (Å²) in [5, 5.41) is 29.9. The quantitative estimate of drug-likeness (QED) is 0.286. The lowest BCUT2D eigenvalue weighted by Gasteiger charge is -2.27. The number of carboxylic acids is 1. The number of aliphatic hydroxyl groups excluding tert-OH is 2. The monoisotopic (exact) mass is 472 g/mol. The maximum Gasteiger partial charge on any atom is 0.303 e. The average molecular weight is 473 g/mol. The molecule has 2 fully saturated rings. The Balaban J connectivity index is 1.60. The van der Waals surface area contributed by atoms with Gasteiger partial charge < -0.3 is 24.8 Å². The van der Waals surface area contributed by atoms with Gasteiger partial charge in [0.05, 0.1) is 18.3 Å². The van der Waals surface area contributed by atoms with Crippen LogP contribution in [0.3, 0.4) is 0 Å². The minimum Gasteiger partial charge on any atom is -0.481 e. The van der Waals surface area contributed by atoms with Gasteiger partial charge in [-0.25, -0.2) is 0 Å². The molecule has 1 aromatic carbocycles. The molecule has 1 unspecified atom stereocenters. The average Bonchev–Trinajstić information content (AvgIpc) is 3.11. The van der Waals surface area contributed by atoms with Crippen LogP contribution in [0.4, 0.5) is 0 Å². The zero-order valence-corrected chi connectivity index (χ0v) is 20.0. The molecule has 0 radical (unpaired) electrons. The fourth-order valence-electron chi connectivity index (χ4n) is 4.88. The SMILES string of the molecule is O=C(O)CCC/C=C\C[C@@H]1[C@@H](/C=C/[C@H](CCc2ccccc2)OC2CCCCO2)[C@H](O)C[C@@H]1O. The van der Waals surface area contributed by atoms with Crippen molar-refractivity contribution in [2.24, 2.45) is 11.8 Å². The maximum atomic E-state index is 10.6. The van der Waals surface area contributed by atoms with E-state index in [1.807, 2.05) is 36.4 Å². The van der Waals surface area contributed by atoms with Gasteiger partial charge in [-0.1, -0.05) is 54.6 Å². The van der Waals surface area contributed by atoms with Crippen molar-refractivity contribution in [1.29, 1.82) is 0 Å². The molecule has 1 saturated carbocycles. The van der Waals surface area contributed by atoms with Gasteiger partial charge in [-0.15, -0.1) is 0 Å². The molecule has 1 saturated heterocycles. The van der Waals surface area contributed by atoms with E-state index in [0.29, 0.717) is 25.7 Å². The van der Waals surface area contributed by atoms with Crippen LogP contribution in [0.1, 0.15) is 63.4 Å². The van der Waals surface area contributed by atoms with E-state index in [1.165, 1.54) is 5.56 Å². The van der Waals surface area contributed by atoms with Crippen molar-refractivity contribution < 1.29 is 29.6 Å². The molecule has 2 aliphatic rings. The number of ether oxygens (including phenoxy) is 2. The molecule has 1 aromatic rings. The summed E-state index contributed by atoms with van der Waals surface area (Å²) in [5.41, 5.74) is 1.26. The van der Waals surface area contributed by atoms with E-state index in [9.17, 15) is 15.0 Å². The summed E-state index contributed by atoms with van der Waals surface area (Å²) in [6.07, 6.45) is 13.9. The largest absolute Gasteiger partial charge is 0.481 e. The number of allylic oxidation sites excluding steroid dienone is 2. The van der Waals surface area contributed by atoms with Gasteiger partial charge in [0.2, 0.25) is 0 Å². The lowest BCUT2D eigenvalue weighted by Crippen LogP contribution is -2.28. The summed E-state index contributed by atoms with van der Waals surface area (Å²) in [7, 11) is 0. The molecule has 1 heterocycles. The molecule has 3 N–H and O–H groups in total. The van der Waals surface area contributed by atoms with Crippen LogP contribution in [0.5, 0.6) is 0 Å². The molecule has 188 valence electrons. The minimum atomic E-state index is -0.782. The Bertz CT molecular complexity index is 770. The predicted octanol–water partition coefficient (Wildman–Crippen LogP) is 4.65. The molecule has 34 heavy (non-hydrogen) atoms. The molecule has 6 atom stereocenters. The fourth-order valence-corrected chi connectivity index (χ4v) is 4.88. The third kappa shape index (κ3) is 8.99. The van der Waals surface area contributed by atoms with Crippen molar-refractivity contribution in [3.05, 3.63) is 60.2 Å². The van der Waals surface area contributed by atoms with Crippen LogP contribution in [0.2, 0.25) is 0 Å². The van der Waals surface area contributed by atoms with E-state index in [-0.39, 0.29) is 30.7 Å². The zero-order valence-electron chi connectivity index (χ0n) is 20.0. The summed E-state index contributed by atoms with van der Waals surface area (Å²) in [5.74, 6) is -0.993. The Labute approximate surface area is 203 Å². The highest BCUT2D eigenvalue weighted by Crippen LogP contribution is 2.36. The zero-order chi connectivity index (χ0) is 24.2. The Hall–Kier alpha value is -1.99. The Morgan fingerprint density at radius 3 is 2.71 bits per heavy atom. The number of aliphatic carboxylic acids is 1. The number of hydrogen-bond acceptors (Lipinski definition) is 5. The summed E-state index contributed by atoms with van der Waals surface area (Å²) in [4.78, 5) is 10.6. The number of aryl methyl sites for hydroxylation is 1. The number of rotatable bonds is 13. The van der Waals surface area contributed by atoms with Crippen molar-refractivity contribution in [1.82, 2.24) is 0 Å². The third-order valence-corrected chi connectivity index (χ3v) is 6.83. The molecule has 0 bridgehead atoms. The van der Waals surface area contributed by atoms with Crippen LogP contribution < -0.4 is 0 Å². The molecule has 1 aliphatic heterocycles. The Morgan fingerprint density at radius 2 is 1.97 bits per heavy atom. The lowest BCUT2D eigenvalue weighted by molar-refractivity contribution is -0.179. The van der Waals surface area contributed by atoms with E-state index in [1.54, 1.807) is 0 Å². The van der Waals surface area contributed by atoms with Crippen molar-refractivity contribution in [3.63, 3.8) is 0 Å². The van der Waals surface area contributed by atoms with Gasteiger partial charge in [0, 0.05) is 25.4 Å². The van der Waals surface area contributed by atoms with E-state index >= 15 is 0 Å². The van der Waals surface area contributed by atoms with Crippen molar-refractivity contribution in [2.75, 3.05) is 6.61 Å². The van der Waals surface area contributed by atoms with E-state index < -0.39 is 18.2 Å².